The summed E-state index contributed by atoms with van der Waals surface area (Å²) >= 11 is 0. The minimum Gasteiger partial charge on any atom is -0.480 e. The first-order valence-corrected chi connectivity index (χ1v) is 6.80. The first-order valence-electron chi connectivity index (χ1n) is 6.80. The molecule has 1 atom stereocenters. The van der Waals surface area contributed by atoms with Crippen molar-refractivity contribution in [3.05, 3.63) is 71.0 Å². The molecule has 4 nitrogen and oxygen atoms in total. The molecule has 0 spiro atoms. The average Bonchev–Trinajstić information content (AvgIpc) is 2.48. The van der Waals surface area contributed by atoms with Crippen molar-refractivity contribution < 1.29 is 19.1 Å². The summed E-state index contributed by atoms with van der Waals surface area (Å²) in [5.41, 5.74) is 1.96. The lowest BCUT2D eigenvalue weighted by molar-refractivity contribution is -0.139. The number of hydrogen-bond acceptors (Lipinski definition) is 2. The third-order valence-electron chi connectivity index (χ3n) is 3.25. The lowest BCUT2D eigenvalue weighted by Crippen LogP contribution is -2.42. The van der Waals surface area contributed by atoms with Crippen molar-refractivity contribution in [2.75, 3.05) is 0 Å². The molecule has 5 heteroatoms. The van der Waals surface area contributed by atoms with Crippen molar-refractivity contribution in [2.24, 2.45) is 0 Å². The molecule has 0 aromatic heterocycles. The normalized spacial score (nSPS) is 11.7. The highest BCUT2D eigenvalue weighted by atomic mass is 19.1. The van der Waals surface area contributed by atoms with Gasteiger partial charge in [-0.2, -0.15) is 0 Å². The van der Waals surface area contributed by atoms with Gasteiger partial charge < -0.3 is 10.4 Å². The maximum absolute atomic E-state index is 13.1. The lowest BCUT2D eigenvalue weighted by atomic mass is 10.0. The van der Waals surface area contributed by atoms with E-state index in [1.165, 1.54) is 18.2 Å². The monoisotopic (exact) mass is 301 g/mol. The lowest BCUT2D eigenvalue weighted by Gasteiger charge is -2.15. The molecule has 0 bridgehead atoms. The van der Waals surface area contributed by atoms with Crippen LogP contribution in [0, 0.1) is 12.7 Å². The van der Waals surface area contributed by atoms with Crippen molar-refractivity contribution >= 4 is 11.9 Å². The van der Waals surface area contributed by atoms with Crippen LogP contribution in [0.2, 0.25) is 0 Å². The zero-order valence-corrected chi connectivity index (χ0v) is 12.0. The fraction of sp³-hybridized carbons (Fsp3) is 0.176. The van der Waals surface area contributed by atoms with Gasteiger partial charge in [0.2, 0.25) is 0 Å². The topological polar surface area (TPSA) is 66.4 Å². The number of carbonyl (C=O) groups excluding carboxylic acids is 1. The molecule has 2 aromatic rings. The minimum absolute atomic E-state index is 0.0927. The second-order valence-electron chi connectivity index (χ2n) is 5.06. The molecule has 2 aromatic carbocycles. The molecule has 2 N–H and O–H groups in total. The summed E-state index contributed by atoms with van der Waals surface area (Å²) in [6.07, 6.45) is 0.163. The van der Waals surface area contributed by atoms with Gasteiger partial charge in [-0.3, -0.25) is 4.79 Å². The summed E-state index contributed by atoms with van der Waals surface area (Å²) in [4.78, 5) is 23.3. The van der Waals surface area contributed by atoms with Gasteiger partial charge >= 0.3 is 5.97 Å². The summed E-state index contributed by atoms with van der Waals surface area (Å²) in [5, 5.41) is 11.7. The van der Waals surface area contributed by atoms with Crippen molar-refractivity contribution in [3.63, 3.8) is 0 Å². The summed E-state index contributed by atoms with van der Waals surface area (Å²) in [7, 11) is 0. The Labute approximate surface area is 127 Å². The van der Waals surface area contributed by atoms with E-state index in [2.05, 4.69) is 5.32 Å². The Morgan fingerprint density at radius 3 is 2.45 bits per heavy atom. The van der Waals surface area contributed by atoms with E-state index < -0.39 is 23.7 Å². The highest BCUT2D eigenvalue weighted by Gasteiger charge is 2.21. The Morgan fingerprint density at radius 1 is 1.18 bits per heavy atom. The Hall–Kier alpha value is -2.69. The van der Waals surface area contributed by atoms with Gasteiger partial charge in [0.25, 0.3) is 5.91 Å². The molecule has 0 aliphatic heterocycles. The summed E-state index contributed by atoms with van der Waals surface area (Å²) in [5.74, 6) is -2.29. The van der Waals surface area contributed by atoms with E-state index in [9.17, 15) is 19.1 Å². The van der Waals surface area contributed by atoms with Crippen LogP contribution >= 0.6 is 0 Å². The van der Waals surface area contributed by atoms with Crippen LogP contribution in [-0.2, 0) is 11.2 Å². The van der Waals surface area contributed by atoms with E-state index in [0.29, 0.717) is 0 Å². The Bertz CT molecular complexity index is 683. The summed E-state index contributed by atoms with van der Waals surface area (Å²) in [6, 6.07) is 11.4. The Morgan fingerprint density at radius 2 is 1.86 bits per heavy atom. The van der Waals surface area contributed by atoms with Gasteiger partial charge in [-0.1, -0.05) is 35.9 Å². The first kappa shape index (κ1) is 15.7. The number of amides is 1. The maximum Gasteiger partial charge on any atom is 0.326 e. The standard InChI is InChI=1S/C17H16FNO3/c1-11-5-7-12(8-6-11)9-15(17(21)22)19-16(20)13-3-2-4-14(18)10-13/h2-8,10,15H,9H2,1H3,(H,19,20)(H,21,22)/t15-/m0/s1. The highest BCUT2D eigenvalue weighted by Crippen LogP contribution is 2.08. The third kappa shape index (κ3) is 4.15. The van der Waals surface area contributed by atoms with Crippen LogP contribution in [0.3, 0.4) is 0 Å². The first-order chi connectivity index (χ1) is 10.5. The largest absolute Gasteiger partial charge is 0.480 e. The molecule has 0 heterocycles. The van der Waals surface area contributed by atoms with E-state index in [-0.39, 0.29) is 12.0 Å². The number of rotatable bonds is 5. The maximum atomic E-state index is 13.1. The number of carbonyl (C=O) groups is 2. The summed E-state index contributed by atoms with van der Waals surface area (Å²) < 4.78 is 13.1. The van der Waals surface area contributed by atoms with Crippen LogP contribution in [0.1, 0.15) is 21.5 Å². The number of carboxylic acid groups (broad SMARTS) is 1. The number of benzene rings is 2. The zero-order chi connectivity index (χ0) is 16.1. The number of aliphatic carboxylic acids is 1. The average molecular weight is 301 g/mol. The Balaban J connectivity index is 2.10. The fourth-order valence-electron chi connectivity index (χ4n) is 2.03. The second kappa shape index (κ2) is 6.85. The summed E-state index contributed by atoms with van der Waals surface area (Å²) in [6.45, 7) is 1.93. The number of aryl methyl sites for hydroxylation is 1. The van der Waals surface area contributed by atoms with Crippen molar-refractivity contribution in [1.82, 2.24) is 5.32 Å². The number of hydrogen-bond donors (Lipinski definition) is 2. The molecule has 0 aliphatic rings. The molecule has 2 rings (SSSR count). The fourth-order valence-corrected chi connectivity index (χ4v) is 2.03. The third-order valence-corrected chi connectivity index (χ3v) is 3.25. The van der Waals surface area contributed by atoms with Crippen LogP contribution < -0.4 is 5.32 Å². The van der Waals surface area contributed by atoms with Crippen LogP contribution in [0.4, 0.5) is 4.39 Å². The van der Waals surface area contributed by atoms with Crippen molar-refractivity contribution in [2.45, 2.75) is 19.4 Å². The van der Waals surface area contributed by atoms with Crippen LogP contribution in [-0.4, -0.2) is 23.0 Å². The van der Waals surface area contributed by atoms with E-state index in [0.717, 1.165) is 17.2 Å². The number of halogens is 1. The Kier molecular flexibility index (Phi) is 4.88. The number of nitrogens with one attached hydrogen (secondary N) is 1. The molecule has 0 aliphatic carbocycles. The van der Waals surface area contributed by atoms with Gasteiger partial charge in [-0.15, -0.1) is 0 Å². The minimum atomic E-state index is -1.13. The van der Waals surface area contributed by atoms with E-state index in [1.807, 2.05) is 31.2 Å². The van der Waals surface area contributed by atoms with Crippen LogP contribution in [0.5, 0.6) is 0 Å². The van der Waals surface area contributed by atoms with Crippen molar-refractivity contribution in [1.29, 1.82) is 0 Å². The zero-order valence-electron chi connectivity index (χ0n) is 12.0. The molecular weight excluding hydrogens is 285 g/mol. The molecule has 0 radical (unpaired) electrons. The van der Waals surface area contributed by atoms with Crippen LogP contribution in [0.25, 0.3) is 0 Å². The molecule has 1 amide bonds. The van der Waals surface area contributed by atoms with Crippen LogP contribution in [0.15, 0.2) is 48.5 Å². The highest BCUT2D eigenvalue weighted by molar-refractivity contribution is 5.96. The quantitative estimate of drug-likeness (QED) is 0.892. The van der Waals surface area contributed by atoms with Gasteiger partial charge in [0, 0.05) is 12.0 Å². The van der Waals surface area contributed by atoms with E-state index in [4.69, 9.17) is 0 Å². The van der Waals surface area contributed by atoms with Gasteiger partial charge in [0.05, 0.1) is 0 Å². The second-order valence-corrected chi connectivity index (χ2v) is 5.06. The van der Waals surface area contributed by atoms with Gasteiger partial charge in [-0.05, 0) is 30.7 Å². The van der Waals surface area contributed by atoms with Gasteiger partial charge in [-0.25, -0.2) is 9.18 Å². The van der Waals surface area contributed by atoms with Gasteiger partial charge in [0.15, 0.2) is 0 Å². The molecule has 0 saturated heterocycles. The van der Waals surface area contributed by atoms with E-state index in [1.54, 1.807) is 0 Å². The molecule has 0 saturated carbocycles. The smallest absolute Gasteiger partial charge is 0.326 e. The predicted octanol–water partition coefficient (Wildman–Crippen LogP) is 2.56. The molecule has 22 heavy (non-hydrogen) atoms. The molecule has 114 valence electrons. The van der Waals surface area contributed by atoms with Crippen molar-refractivity contribution in [3.8, 4) is 0 Å². The van der Waals surface area contributed by atoms with E-state index >= 15 is 0 Å². The predicted molar refractivity (Wildman–Crippen MR) is 80.2 cm³/mol. The van der Waals surface area contributed by atoms with Gasteiger partial charge in [0.1, 0.15) is 11.9 Å². The molecule has 0 unspecified atom stereocenters. The number of carboxylic acids is 1. The molecular formula is C17H16FNO3. The molecule has 0 fully saturated rings. The SMILES string of the molecule is Cc1ccc(C[C@H](NC(=O)c2cccc(F)c2)C(=O)O)cc1.